The number of nitrogens with zero attached hydrogens (tertiary/aromatic N) is 6. The highest BCUT2D eigenvalue weighted by atomic mass is 15.6. The number of hydrogen-bond acceptors (Lipinski definition) is 6. The molecule has 7 nitrogen and oxygen atoms in total. The van der Waals surface area contributed by atoms with Crippen LogP contribution < -0.4 is 10.2 Å². The smallest absolute Gasteiger partial charge is 0.200 e. The SMILES string of the molecule is CC1CN(c2ccc3nnnn3n2)CCN1. The minimum absolute atomic E-state index is 0.486. The molecule has 1 fully saturated rings. The Morgan fingerprint density at radius 3 is 3.25 bits per heavy atom. The highest BCUT2D eigenvalue weighted by Crippen LogP contribution is 2.12. The van der Waals surface area contributed by atoms with E-state index in [4.69, 9.17) is 0 Å². The molecule has 84 valence electrons. The molecule has 0 amide bonds. The maximum absolute atomic E-state index is 4.37. The average molecular weight is 219 g/mol. The molecular formula is C9H13N7. The summed E-state index contributed by atoms with van der Waals surface area (Å²) in [4.78, 5) is 2.24. The number of fused-ring (bicyclic) bond motifs is 1. The fraction of sp³-hybridized carbons (Fsp3) is 0.556. The van der Waals surface area contributed by atoms with Gasteiger partial charge in [-0.25, -0.2) is 0 Å². The second kappa shape index (κ2) is 3.67. The number of rotatable bonds is 1. The summed E-state index contributed by atoms with van der Waals surface area (Å²) < 4.78 is 1.46. The molecule has 0 aliphatic carbocycles. The van der Waals surface area contributed by atoms with Crippen molar-refractivity contribution in [1.82, 2.24) is 30.6 Å². The third kappa shape index (κ3) is 1.58. The third-order valence-corrected chi connectivity index (χ3v) is 2.75. The number of piperazine rings is 1. The standard InChI is InChI=1S/C9H13N7/c1-7-6-15(5-4-10-7)9-3-2-8-11-13-14-16(8)12-9/h2-3,7,10H,4-6H2,1H3. The Hall–Kier alpha value is -1.76. The van der Waals surface area contributed by atoms with Crippen LogP contribution in [0.25, 0.3) is 5.65 Å². The molecule has 2 aromatic rings. The summed E-state index contributed by atoms with van der Waals surface area (Å²) in [6, 6.07) is 4.33. The molecule has 0 bridgehead atoms. The summed E-state index contributed by atoms with van der Waals surface area (Å²) in [5.74, 6) is 0.924. The summed E-state index contributed by atoms with van der Waals surface area (Å²) in [5, 5.41) is 19.0. The fourth-order valence-electron chi connectivity index (χ4n) is 1.95. The Kier molecular flexibility index (Phi) is 2.17. The molecule has 0 saturated carbocycles. The molecule has 1 aliphatic rings. The highest BCUT2D eigenvalue weighted by Gasteiger charge is 2.17. The van der Waals surface area contributed by atoms with Gasteiger partial charge in [-0.05, 0) is 29.5 Å². The van der Waals surface area contributed by atoms with Crippen LogP contribution in [0, 0.1) is 0 Å². The molecule has 0 spiro atoms. The second-order valence-corrected chi connectivity index (χ2v) is 4.02. The number of anilines is 1. The van der Waals surface area contributed by atoms with Gasteiger partial charge in [0.1, 0.15) is 0 Å². The minimum atomic E-state index is 0.486. The summed E-state index contributed by atoms with van der Waals surface area (Å²) in [5.41, 5.74) is 0.673. The molecule has 1 atom stereocenters. The van der Waals surface area contributed by atoms with Crippen LogP contribution in [0.15, 0.2) is 12.1 Å². The maximum atomic E-state index is 4.37. The number of aromatic nitrogens is 5. The predicted molar refractivity (Wildman–Crippen MR) is 58.3 cm³/mol. The zero-order valence-corrected chi connectivity index (χ0v) is 9.04. The van der Waals surface area contributed by atoms with Crippen molar-refractivity contribution in [3.8, 4) is 0 Å². The molecule has 0 aromatic carbocycles. The average Bonchev–Trinajstić information content (AvgIpc) is 2.75. The normalized spacial score (nSPS) is 21.6. The van der Waals surface area contributed by atoms with Crippen molar-refractivity contribution >= 4 is 11.5 Å². The zero-order chi connectivity index (χ0) is 11.0. The van der Waals surface area contributed by atoms with Gasteiger partial charge in [0.05, 0.1) is 0 Å². The summed E-state index contributed by atoms with van der Waals surface area (Å²) in [6.45, 7) is 5.07. The van der Waals surface area contributed by atoms with E-state index < -0.39 is 0 Å². The lowest BCUT2D eigenvalue weighted by Crippen LogP contribution is -2.49. The van der Waals surface area contributed by atoms with E-state index in [0.717, 1.165) is 25.5 Å². The van der Waals surface area contributed by atoms with Gasteiger partial charge in [-0.3, -0.25) is 0 Å². The van der Waals surface area contributed by atoms with E-state index in [2.05, 4.69) is 37.8 Å². The Bertz CT molecular complexity index is 493. The van der Waals surface area contributed by atoms with Gasteiger partial charge in [0, 0.05) is 25.7 Å². The summed E-state index contributed by atoms with van der Waals surface area (Å²) >= 11 is 0. The number of nitrogens with one attached hydrogen (secondary N) is 1. The minimum Gasteiger partial charge on any atom is -0.352 e. The summed E-state index contributed by atoms with van der Waals surface area (Å²) in [6.07, 6.45) is 0. The van der Waals surface area contributed by atoms with Gasteiger partial charge in [0.25, 0.3) is 0 Å². The lowest BCUT2D eigenvalue weighted by atomic mass is 10.2. The lowest BCUT2D eigenvalue weighted by Gasteiger charge is -2.32. The van der Waals surface area contributed by atoms with E-state index in [-0.39, 0.29) is 0 Å². The molecule has 7 heteroatoms. The number of tetrazole rings is 1. The van der Waals surface area contributed by atoms with E-state index in [9.17, 15) is 0 Å². The van der Waals surface area contributed by atoms with E-state index in [0.29, 0.717) is 11.7 Å². The van der Waals surface area contributed by atoms with Crippen molar-refractivity contribution in [3.63, 3.8) is 0 Å². The summed E-state index contributed by atoms with van der Waals surface area (Å²) in [7, 11) is 0. The van der Waals surface area contributed by atoms with Crippen LogP contribution >= 0.6 is 0 Å². The van der Waals surface area contributed by atoms with Crippen molar-refractivity contribution in [3.05, 3.63) is 12.1 Å². The largest absolute Gasteiger partial charge is 0.352 e. The van der Waals surface area contributed by atoms with E-state index >= 15 is 0 Å². The fourth-order valence-corrected chi connectivity index (χ4v) is 1.95. The Balaban J connectivity index is 1.92. The Labute approximate surface area is 92.4 Å². The molecule has 1 saturated heterocycles. The van der Waals surface area contributed by atoms with Crippen LogP contribution in [0.5, 0.6) is 0 Å². The molecule has 1 unspecified atom stereocenters. The molecular weight excluding hydrogens is 206 g/mol. The van der Waals surface area contributed by atoms with Crippen molar-refractivity contribution in [2.75, 3.05) is 24.5 Å². The maximum Gasteiger partial charge on any atom is 0.200 e. The molecule has 3 rings (SSSR count). The van der Waals surface area contributed by atoms with Gasteiger partial charge in [-0.15, -0.1) is 14.8 Å². The van der Waals surface area contributed by atoms with E-state index in [1.165, 1.54) is 4.63 Å². The monoisotopic (exact) mass is 219 g/mol. The van der Waals surface area contributed by atoms with Crippen LogP contribution in [0.2, 0.25) is 0 Å². The first-order chi connectivity index (χ1) is 7.83. The predicted octanol–water partition coefficient (Wildman–Crippen LogP) is -0.683. The second-order valence-electron chi connectivity index (χ2n) is 4.02. The van der Waals surface area contributed by atoms with Crippen molar-refractivity contribution in [2.24, 2.45) is 0 Å². The van der Waals surface area contributed by atoms with Gasteiger partial charge in [-0.1, -0.05) is 0 Å². The topological polar surface area (TPSA) is 71.2 Å². The van der Waals surface area contributed by atoms with Crippen LogP contribution in [0.4, 0.5) is 5.82 Å². The third-order valence-electron chi connectivity index (χ3n) is 2.75. The first-order valence-electron chi connectivity index (χ1n) is 5.37. The van der Waals surface area contributed by atoms with Crippen LogP contribution in [0.1, 0.15) is 6.92 Å². The van der Waals surface area contributed by atoms with E-state index in [1.54, 1.807) is 0 Å². The zero-order valence-electron chi connectivity index (χ0n) is 9.04. The Morgan fingerprint density at radius 1 is 1.44 bits per heavy atom. The van der Waals surface area contributed by atoms with Gasteiger partial charge < -0.3 is 10.2 Å². The quantitative estimate of drug-likeness (QED) is 0.685. The molecule has 1 N–H and O–H groups in total. The molecule has 0 radical (unpaired) electrons. The highest BCUT2D eigenvalue weighted by molar-refractivity contribution is 5.44. The van der Waals surface area contributed by atoms with Gasteiger partial charge in [0.2, 0.25) is 0 Å². The Morgan fingerprint density at radius 2 is 2.38 bits per heavy atom. The van der Waals surface area contributed by atoms with Gasteiger partial charge in [0.15, 0.2) is 11.5 Å². The van der Waals surface area contributed by atoms with Crippen molar-refractivity contribution in [1.29, 1.82) is 0 Å². The van der Waals surface area contributed by atoms with Crippen molar-refractivity contribution in [2.45, 2.75) is 13.0 Å². The molecule has 1 aliphatic heterocycles. The van der Waals surface area contributed by atoms with Gasteiger partial charge >= 0.3 is 0 Å². The first-order valence-corrected chi connectivity index (χ1v) is 5.37. The van der Waals surface area contributed by atoms with Crippen LogP contribution in [-0.2, 0) is 0 Å². The van der Waals surface area contributed by atoms with Crippen molar-refractivity contribution < 1.29 is 0 Å². The first kappa shape index (κ1) is 9.46. The van der Waals surface area contributed by atoms with Crippen LogP contribution in [0.3, 0.4) is 0 Å². The van der Waals surface area contributed by atoms with Crippen LogP contribution in [-0.4, -0.2) is 50.9 Å². The molecule has 3 heterocycles. The number of hydrogen-bond donors (Lipinski definition) is 1. The van der Waals surface area contributed by atoms with Gasteiger partial charge in [-0.2, -0.15) is 0 Å². The molecule has 2 aromatic heterocycles. The molecule has 16 heavy (non-hydrogen) atoms. The van der Waals surface area contributed by atoms with E-state index in [1.807, 2.05) is 12.1 Å². The lowest BCUT2D eigenvalue weighted by molar-refractivity contribution is 0.480.